The molecule has 86 valence electrons. The van der Waals surface area contributed by atoms with Crippen LogP contribution in [0.5, 0.6) is 5.75 Å². The first-order valence-electron chi connectivity index (χ1n) is 5.48. The molecule has 0 aliphatic heterocycles. The molecule has 1 atom stereocenters. The fraction of sp³-hybridized carbons (Fsp3) is 0.286. The fourth-order valence-corrected chi connectivity index (χ4v) is 1.25. The second-order valence-electron chi connectivity index (χ2n) is 3.69. The molecular weight excluding hydrogens is 212 g/mol. The highest BCUT2D eigenvalue weighted by Gasteiger charge is 2.01. The van der Waals surface area contributed by atoms with Gasteiger partial charge < -0.3 is 4.74 Å². The maximum Gasteiger partial charge on any atom is 0.130 e. The quantitative estimate of drug-likeness (QED) is 0.740. The van der Waals surface area contributed by atoms with E-state index in [1.165, 1.54) is 0 Å². The first kappa shape index (κ1) is 12.8. The summed E-state index contributed by atoms with van der Waals surface area (Å²) in [6.07, 6.45) is 2.63. The minimum atomic E-state index is 0.0886. The molecule has 0 heterocycles. The third-order valence-electron chi connectivity index (χ3n) is 2.32. The van der Waals surface area contributed by atoms with Crippen LogP contribution in [0.3, 0.4) is 0 Å². The molecule has 0 spiro atoms. The van der Waals surface area contributed by atoms with Crippen LogP contribution in [0.15, 0.2) is 29.8 Å². The second kappa shape index (κ2) is 6.35. The summed E-state index contributed by atoms with van der Waals surface area (Å²) in [5.74, 6) is 0.753. The van der Waals surface area contributed by atoms with Gasteiger partial charge in [0.25, 0.3) is 0 Å². The van der Waals surface area contributed by atoms with Crippen molar-refractivity contribution in [3.63, 3.8) is 0 Å². The van der Waals surface area contributed by atoms with Gasteiger partial charge in [0.05, 0.1) is 6.10 Å². The van der Waals surface area contributed by atoms with E-state index in [2.05, 4.69) is 6.92 Å². The average Bonchev–Trinajstić information content (AvgIpc) is 2.36. The second-order valence-corrected chi connectivity index (χ2v) is 3.69. The number of hydrogen-bond donors (Lipinski definition) is 0. The Balaban J connectivity index is 2.91. The van der Waals surface area contributed by atoms with Crippen LogP contribution in [-0.4, -0.2) is 6.10 Å². The fourth-order valence-electron chi connectivity index (χ4n) is 1.25. The summed E-state index contributed by atoms with van der Waals surface area (Å²) >= 11 is 0. The van der Waals surface area contributed by atoms with Crippen molar-refractivity contribution in [2.45, 2.75) is 26.4 Å². The standard InChI is InChI=1S/C14H14N2O/c1-3-11(2)17-14-6-4-5-12(8-14)7-13(9-15)10-16/h4-8,11H,3H2,1-2H3. The van der Waals surface area contributed by atoms with Gasteiger partial charge in [-0.15, -0.1) is 0 Å². The monoisotopic (exact) mass is 226 g/mol. The largest absolute Gasteiger partial charge is 0.491 e. The maximum absolute atomic E-state index is 8.67. The number of nitrogens with zero attached hydrogens (tertiary/aromatic N) is 2. The van der Waals surface area contributed by atoms with E-state index in [1.807, 2.05) is 43.3 Å². The third-order valence-corrected chi connectivity index (χ3v) is 2.32. The summed E-state index contributed by atoms with van der Waals surface area (Å²) in [6.45, 7) is 4.05. The van der Waals surface area contributed by atoms with Crippen LogP contribution in [-0.2, 0) is 0 Å². The molecule has 1 rings (SSSR count). The smallest absolute Gasteiger partial charge is 0.130 e. The van der Waals surface area contributed by atoms with Crippen molar-refractivity contribution in [3.8, 4) is 17.9 Å². The van der Waals surface area contributed by atoms with Gasteiger partial charge in [-0.1, -0.05) is 19.1 Å². The number of hydrogen-bond acceptors (Lipinski definition) is 3. The Labute approximate surface area is 102 Å². The van der Waals surface area contributed by atoms with Crippen molar-refractivity contribution in [3.05, 3.63) is 35.4 Å². The molecule has 17 heavy (non-hydrogen) atoms. The van der Waals surface area contributed by atoms with Gasteiger partial charge in [0.15, 0.2) is 0 Å². The van der Waals surface area contributed by atoms with Crippen LogP contribution < -0.4 is 4.74 Å². The molecule has 0 amide bonds. The lowest BCUT2D eigenvalue weighted by atomic mass is 10.1. The average molecular weight is 226 g/mol. The Hall–Kier alpha value is -2.26. The minimum Gasteiger partial charge on any atom is -0.491 e. The van der Waals surface area contributed by atoms with Gasteiger partial charge in [0.1, 0.15) is 23.5 Å². The van der Waals surface area contributed by atoms with Gasteiger partial charge in [-0.25, -0.2) is 0 Å². The van der Waals surface area contributed by atoms with Crippen LogP contribution in [0.25, 0.3) is 6.08 Å². The highest BCUT2D eigenvalue weighted by molar-refractivity contribution is 5.62. The SMILES string of the molecule is CCC(C)Oc1cccc(C=C(C#N)C#N)c1. The zero-order valence-electron chi connectivity index (χ0n) is 9.97. The van der Waals surface area contributed by atoms with Gasteiger partial charge in [-0.05, 0) is 37.1 Å². The third kappa shape index (κ3) is 4.01. The minimum absolute atomic E-state index is 0.0886. The molecule has 0 N–H and O–H groups in total. The topological polar surface area (TPSA) is 56.8 Å². The highest BCUT2D eigenvalue weighted by atomic mass is 16.5. The molecule has 0 radical (unpaired) electrons. The first-order valence-corrected chi connectivity index (χ1v) is 5.48. The van der Waals surface area contributed by atoms with Crippen LogP contribution in [0, 0.1) is 22.7 Å². The Morgan fingerprint density at radius 1 is 1.41 bits per heavy atom. The van der Waals surface area contributed by atoms with Crippen molar-refractivity contribution in [2.75, 3.05) is 0 Å². The Kier molecular flexibility index (Phi) is 4.78. The molecule has 0 aliphatic carbocycles. The number of allylic oxidation sites excluding steroid dienone is 1. The molecule has 0 saturated heterocycles. The van der Waals surface area contributed by atoms with Crippen molar-refractivity contribution >= 4 is 6.08 Å². The van der Waals surface area contributed by atoms with E-state index >= 15 is 0 Å². The molecule has 3 heteroatoms. The summed E-state index contributed by atoms with van der Waals surface area (Å²) in [6, 6.07) is 11.0. The Morgan fingerprint density at radius 2 is 2.12 bits per heavy atom. The van der Waals surface area contributed by atoms with E-state index in [4.69, 9.17) is 15.3 Å². The summed E-state index contributed by atoms with van der Waals surface area (Å²) in [5.41, 5.74) is 0.884. The Bertz CT molecular complexity index is 476. The lowest BCUT2D eigenvalue weighted by Crippen LogP contribution is -2.09. The molecule has 0 aromatic heterocycles. The van der Waals surface area contributed by atoms with Crippen LogP contribution in [0.4, 0.5) is 0 Å². The maximum atomic E-state index is 8.67. The predicted octanol–water partition coefficient (Wildman–Crippen LogP) is 3.29. The molecule has 0 saturated carbocycles. The zero-order chi connectivity index (χ0) is 12.7. The van der Waals surface area contributed by atoms with E-state index in [0.29, 0.717) is 0 Å². The summed E-state index contributed by atoms with van der Waals surface area (Å²) in [4.78, 5) is 0. The highest BCUT2D eigenvalue weighted by Crippen LogP contribution is 2.17. The van der Waals surface area contributed by atoms with Crippen LogP contribution in [0.2, 0.25) is 0 Å². The van der Waals surface area contributed by atoms with E-state index < -0.39 is 0 Å². The Morgan fingerprint density at radius 3 is 2.71 bits per heavy atom. The summed E-state index contributed by atoms with van der Waals surface area (Å²) in [7, 11) is 0. The molecule has 1 aromatic carbocycles. The number of ether oxygens (including phenoxy) is 1. The van der Waals surface area contributed by atoms with E-state index in [1.54, 1.807) is 6.08 Å². The molecular formula is C14H14N2O. The molecule has 0 bridgehead atoms. The summed E-state index contributed by atoms with van der Waals surface area (Å²) < 4.78 is 5.66. The molecule has 1 unspecified atom stereocenters. The van der Waals surface area contributed by atoms with Crippen molar-refractivity contribution in [2.24, 2.45) is 0 Å². The molecule has 1 aromatic rings. The van der Waals surface area contributed by atoms with Gasteiger partial charge in [-0.2, -0.15) is 10.5 Å². The van der Waals surface area contributed by atoms with Crippen molar-refractivity contribution < 1.29 is 4.74 Å². The summed E-state index contributed by atoms with van der Waals surface area (Å²) in [5, 5.41) is 17.3. The van der Waals surface area contributed by atoms with Crippen LogP contribution >= 0.6 is 0 Å². The van der Waals surface area contributed by atoms with Crippen molar-refractivity contribution in [1.82, 2.24) is 0 Å². The number of rotatable bonds is 4. The molecule has 0 aliphatic rings. The van der Waals surface area contributed by atoms with Gasteiger partial charge in [-0.3, -0.25) is 0 Å². The van der Waals surface area contributed by atoms with Gasteiger partial charge in [0.2, 0.25) is 0 Å². The van der Waals surface area contributed by atoms with Crippen molar-refractivity contribution in [1.29, 1.82) is 10.5 Å². The molecule has 0 fully saturated rings. The lowest BCUT2D eigenvalue weighted by molar-refractivity contribution is 0.217. The van der Waals surface area contributed by atoms with E-state index in [9.17, 15) is 0 Å². The zero-order valence-corrected chi connectivity index (χ0v) is 9.97. The number of benzene rings is 1. The normalized spacial score (nSPS) is 10.8. The lowest BCUT2D eigenvalue weighted by Gasteiger charge is -2.12. The van der Waals surface area contributed by atoms with E-state index in [-0.39, 0.29) is 11.7 Å². The van der Waals surface area contributed by atoms with Gasteiger partial charge in [0, 0.05) is 0 Å². The van der Waals surface area contributed by atoms with Gasteiger partial charge >= 0.3 is 0 Å². The first-order chi connectivity index (χ1) is 8.19. The predicted molar refractivity (Wildman–Crippen MR) is 66.0 cm³/mol. The van der Waals surface area contributed by atoms with E-state index in [0.717, 1.165) is 17.7 Å². The number of nitriles is 2. The molecule has 3 nitrogen and oxygen atoms in total. The van der Waals surface area contributed by atoms with Crippen LogP contribution in [0.1, 0.15) is 25.8 Å².